The van der Waals surface area contributed by atoms with Crippen LogP contribution in [0.4, 0.5) is 0 Å². The minimum absolute atomic E-state index is 0.0555. The van der Waals surface area contributed by atoms with Gasteiger partial charge < -0.3 is 14.2 Å². The molecular formula is C24H34O5. The number of rotatable bonds is 7. The van der Waals surface area contributed by atoms with Gasteiger partial charge in [-0.15, -0.1) is 0 Å². The van der Waals surface area contributed by atoms with Crippen LogP contribution in [0.25, 0.3) is 0 Å². The van der Waals surface area contributed by atoms with E-state index >= 15 is 0 Å². The Kier molecular flexibility index (Phi) is 6.37. The molecule has 0 aromatic heterocycles. The molecule has 2 aliphatic carbocycles. The van der Waals surface area contributed by atoms with Crippen molar-refractivity contribution in [1.29, 1.82) is 0 Å². The van der Waals surface area contributed by atoms with Crippen LogP contribution in [0.2, 0.25) is 0 Å². The number of methoxy groups -OCH3 is 3. The zero-order valence-corrected chi connectivity index (χ0v) is 18.4. The highest BCUT2D eigenvalue weighted by Gasteiger charge is 2.52. The molecule has 1 saturated carbocycles. The fourth-order valence-corrected chi connectivity index (χ4v) is 5.97. The van der Waals surface area contributed by atoms with Crippen LogP contribution in [-0.4, -0.2) is 39.7 Å². The number of fused-ring (bicyclic) bond motifs is 3. The third-order valence-electron chi connectivity index (χ3n) is 7.36. The van der Waals surface area contributed by atoms with Crippen LogP contribution >= 0.6 is 0 Å². The molecule has 0 aliphatic heterocycles. The molecule has 5 heteroatoms. The van der Waals surface area contributed by atoms with Gasteiger partial charge >= 0.3 is 5.97 Å². The molecule has 3 atom stereocenters. The molecular weight excluding hydrogens is 368 g/mol. The molecule has 0 spiro atoms. The van der Waals surface area contributed by atoms with Crippen LogP contribution in [0, 0.1) is 11.3 Å². The van der Waals surface area contributed by atoms with Gasteiger partial charge in [-0.2, -0.15) is 0 Å². The van der Waals surface area contributed by atoms with Crippen LogP contribution in [0.5, 0.6) is 5.75 Å². The van der Waals surface area contributed by atoms with E-state index in [1.54, 1.807) is 14.2 Å². The van der Waals surface area contributed by atoms with E-state index in [1.165, 1.54) is 31.1 Å². The summed E-state index contributed by atoms with van der Waals surface area (Å²) in [6.07, 6.45) is 5.79. The Morgan fingerprint density at radius 2 is 1.86 bits per heavy atom. The van der Waals surface area contributed by atoms with Crippen LogP contribution in [0.15, 0.2) is 12.1 Å². The molecule has 29 heavy (non-hydrogen) atoms. The number of hydrogen-bond acceptors (Lipinski definition) is 5. The Labute approximate surface area is 174 Å². The molecule has 0 unspecified atom stereocenters. The first-order valence-electron chi connectivity index (χ1n) is 10.6. The van der Waals surface area contributed by atoms with E-state index in [-0.39, 0.29) is 35.4 Å². The average Bonchev–Trinajstić information content (AvgIpc) is 2.70. The van der Waals surface area contributed by atoms with Gasteiger partial charge in [-0.3, -0.25) is 9.59 Å². The maximum absolute atomic E-state index is 12.8. The number of benzene rings is 1. The van der Waals surface area contributed by atoms with E-state index in [2.05, 4.69) is 24.7 Å². The van der Waals surface area contributed by atoms with Crippen molar-refractivity contribution in [1.82, 2.24) is 0 Å². The van der Waals surface area contributed by atoms with E-state index in [1.807, 2.05) is 6.07 Å². The number of carbonyl (C=O) groups excluding carboxylic acids is 2. The van der Waals surface area contributed by atoms with Gasteiger partial charge in [0.2, 0.25) is 0 Å². The predicted molar refractivity (Wildman–Crippen MR) is 112 cm³/mol. The highest BCUT2D eigenvalue weighted by atomic mass is 16.5. The van der Waals surface area contributed by atoms with Gasteiger partial charge in [0.15, 0.2) is 5.78 Å². The summed E-state index contributed by atoms with van der Waals surface area (Å²) in [6.45, 7) is 5.52. The summed E-state index contributed by atoms with van der Waals surface area (Å²) in [5, 5.41) is 0. The third kappa shape index (κ3) is 3.94. The summed E-state index contributed by atoms with van der Waals surface area (Å²) in [5.74, 6) is 0.710. The van der Waals surface area contributed by atoms with Gasteiger partial charge in [-0.1, -0.05) is 20.3 Å². The van der Waals surface area contributed by atoms with E-state index in [9.17, 15) is 9.59 Å². The molecule has 5 nitrogen and oxygen atoms in total. The number of ketones is 1. The van der Waals surface area contributed by atoms with Crippen molar-refractivity contribution < 1.29 is 23.8 Å². The van der Waals surface area contributed by atoms with Crippen molar-refractivity contribution in [2.45, 2.75) is 64.2 Å². The van der Waals surface area contributed by atoms with Gasteiger partial charge in [0.25, 0.3) is 0 Å². The normalized spacial score (nSPS) is 28.2. The molecule has 0 N–H and O–H groups in total. The summed E-state index contributed by atoms with van der Waals surface area (Å²) in [7, 11) is 4.74. The van der Waals surface area contributed by atoms with Crippen LogP contribution in [0.1, 0.15) is 73.9 Å². The van der Waals surface area contributed by atoms with Gasteiger partial charge in [-0.25, -0.2) is 0 Å². The topological polar surface area (TPSA) is 61.8 Å². The standard InChI is InChI=1S/C24H34O5/c1-23(15-27-3)11-6-12-24(2)18-14-20(28-4)17(13-16(18)7-9-21(23)24)19(25)8-10-22(26)29-5/h13-14,21H,6-12,15H2,1-5H3/t21-,23+,24+/m0/s1. The molecule has 0 amide bonds. The van der Waals surface area contributed by atoms with Gasteiger partial charge in [0, 0.05) is 13.5 Å². The maximum Gasteiger partial charge on any atom is 0.305 e. The Balaban J connectivity index is 1.97. The van der Waals surface area contributed by atoms with E-state index in [0.717, 1.165) is 25.9 Å². The lowest BCUT2D eigenvalue weighted by Crippen LogP contribution is -2.50. The summed E-state index contributed by atoms with van der Waals surface area (Å²) >= 11 is 0. The van der Waals surface area contributed by atoms with E-state index in [4.69, 9.17) is 9.47 Å². The van der Waals surface area contributed by atoms with Gasteiger partial charge in [-0.05, 0) is 65.7 Å². The summed E-state index contributed by atoms with van der Waals surface area (Å²) < 4.78 is 15.9. The van der Waals surface area contributed by atoms with Crippen LogP contribution in [0.3, 0.4) is 0 Å². The van der Waals surface area contributed by atoms with Gasteiger partial charge in [0.1, 0.15) is 5.75 Å². The minimum atomic E-state index is -0.370. The summed E-state index contributed by atoms with van der Waals surface area (Å²) in [5.41, 5.74) is 3.36. The minimum Gasteiger partial charge on any atom is -0.496 e. The number of carbonyl (C=O) groups is 2. The third-order valence-corrected chi connectivity index (χ3v) is 7.36. The lowest BCUT2D eigenvalue weighted by molar-refractivity contribution is -0.140. The Morgan fingerprint density at radius 3 is 2.52 bits per heavy atom. The monoisotopic (exact) mass is 402 g/mol. The summed E-state index contributed by atoms with van der Waals surface area (Å²) in [6, 6.07) is 4.10. The fourth-order valence-electron chi connectivity index (χ4n) is 5.97. The number of hydrogen-bond donors (Lipinski definition) is 0. The molecule has 1 fully saturated rings. The van der Waals surface area contributed by atoms with Gasteiger partial charge in [0.05, 0.1) is 32.8 Å². The van der Waals surface area contributed by atoms with Crippen molar-refractivity contribution in [2.24, 2.45) is 11.3 Å². The zero-order valence-electron chi connectivity index (χ0n) is 18.4. The molecule has 1 aromatic rings. The smallest absolute Gasteiger partial charge is 0.305 e. The lowest BCUT2D eigenvalue weighted by atomic mass is 9.50. The molecule has 3 rings (SSSR count). The Hall–Kier alpha value is -1.88. The fraction of sp³-hybridized carbons (Fsp3) is 0.667. The Morgan fingerprint density at radius 1 is 1.10 bits per heavy atom. The number of esters is 1. The highest BCUT2D eigenvalue weighted by Crippen LogP contribution is 2.57. The molecule has 0 bridgehead atoms. The van der Waals surface area contributed by atoms with Crippen molar-refractivity contribution in [3.63, 3.8) is 0 Å². The molecule has 160 valence electrons. The summed E-state index contributed by atoms with van der Waals surface area (Å²) in [4.78, 5) is 24.2. The first-order valence-corrected chi connectivity index (χ1v) is 10.6. The lowest BCUT2D eigenvalue weighted by Gasteiger charge is -2.55. The molecule has 0 radical (unpaired) electrons. The maximum atomic E-state index is 12.8. The number of ether oxygens (including phenoxy) is 3. The highest BCUT2D eigenvalue weighted by molar-refractivity contribution is 6.00. The quantitative estimate of drug-likeness (QED) is 0.497. The zero-order chi connectivity index (χ0) is 21.2. The molecule has 2 aliphatic rings. The second-order valence-electron chi connectivity index (χ2n) is 9.16. The average molecular weight is 403 g/mol. The van der Waals surface area contributed by atoms with Crippen molar-refractivity contribution in [3.8, 4) is 5.75 Å². The van der Waals surface area contributed by atoms with Crippen LogP contribution in [-0.2, 0) is 26.1 Å². The van der Waals surface area contributed by atoms with Crippen molar-refractivity contribution >= 4 is 11.8 Å². The predicted octanol–water partition coefficient (Wildman–Crippen LogP) is 4.49. The largest absolute Gasteiger partial charge is 0.496 e. The second kappa shape index (κ2) is 8.47. The number of aryl methyl sites for hydroxylation is 1. The van der Waals surface area contributed by atoms with Crippen LogP contribution < -0.4 is 4.74 Å². The number of Topliss-reactive ketones (excluding diaryl/α,β-unsaturated/α-hetero) is 1. The first kappa shape index (κ1) is 21.8. The molecule has 1 aromatic carbocycles. The van der Waals surface area contributed by atoms with Crippen molar-refractivity contribution in [2.75, 3.05) is 27.9 Å². The second-order valence-corrected chi connectivity index (χ2v) is 9.16. The SMILES string of the molecule is COC[C@@]1(C)CCC[C@]2(C)c3cc(OC)c(C(=O)CCC(=O)OC)cc3CC[C@@H]12. The molecule has 0 heterocycles. The van der Waals surface area contributed by atoms with Crippen molar-refractivity contribution in [3.05, 3.63) is 28.8 Å². The first-order chi connectivity index (χ1) is 13.8. The molecule has 0 saturated heterocycles. The Bertz CT molecular complexity index is 782. The van der Waals surface area contributed by atoms with E-state index < -0.39 is 0 Å². The van der Waals surface area contributed by atoms with E-state index in [0.29, 0.717) is 17.2 Å².